The Morgan fingerprint density at radius 3 is 2.67 bits per heavy atom. The van der Waals surface area contributed by atoms with E-state index in [1.807, 2.05) is 12.3 Å². The molecular formula is C13H20N2. The van der Waals surface area contributed by atoms with E-state index in [9.17, 15) is 0 Å². The molecule has 0 bridgehead atoms. The van der Waals surface area contributed by atoms with Crippen molar-refractivity contribution in [1.29, 1.82) is 0 Å². The molecule has 2 heterocycles. The second-order valence-electron chi connectivity index (χ2n) is 5.11. The molecule has 0 aromatic carbocycles. The largest absolute Gasteiger partial charge is 0.306 e. The van der Waals surface area contributed by atoms with Crippen LogP contribution in [0.3, 0.4) is 0 Å². The van der Waals surface area contributed by atoms with Gasteiger partial charge in [-0.2, -0.15) is 0 Å². The summed E-state index contributed by atoms with van der Waals surface area (Å²) in [6.07, 6.45) is 5.61. The van der Waals surface area contributed by atoms with Gasteiger partial charge in [0.2, 0.25) is 0 Å². The molecule has 2 heteroatoms. The zero-order valence-corrected chi connectivity index (χ0v) is 9.74. The molecule has 82 valence electrons. The first-order valence-corrected chi connectivity index (χ1v) is 5.76. The van der Waals surface area contributed by atoms with Gasteiger partial charge in [-0.3, -0.25) is 4.98 Å². The van der Waals surface area contributed by atoms with Crippen molar-refractivity contribution in [2.75, 3.05) is 20.1 Å². The molecule has 0 amide bonds. The van der Waals surface area contributed by atoms with Crippen LogP contribution in [0.15, 0.2) is 24.4 Å². The van der Waals surface area contributed by atoms with Gasteiger partial charge in [0, 0.05) is 11.9 Å². The van der Waals surface area contributed by atoms with Crippen LogP contribution in [0.25, 0.3) is 0 Å². The molecule has 1 aliphatic heterocycles. The van der Waals surface area contributed by atoms with E-state index in [1.165, 1.54) is 31.6 Å². The van der Waals surface area contributed by atoms with E-state index in [-0.39, 0.29) is 0 Å². The summed E-state index contributed by atoms with van der Waals surface area (Å²) in [5.41, 5.74) is 1.70. The second-order valence-corrected chi connectivity index (χ2v) is 5.11. The first kappa shape index (κ1) is 10.6. The fourth-order valence-electron chi connectivity index (χ4n) is 2.28. The molecule has 0 saturated carbocycles. The molecule has 1 aliphatic rings. The number of likely N-dealkylation sites (tertiary alicyclic amines) is 1. The third-order valence-corrected chi connectivity index (χ3v) is 3.53. The lowest BCUT2D eigenvalue weighted by atomic mass is 9.77. The number of piperidine rings is 1. The third-order valence-electron chi connectivity index (χ3n) is 3.53. The molecule has 0 unspecified atom stereocenters. The number of rotatable bonds is 2. The standard InChI is InChI=1S/C13H20N2/c1-13(6-9-15(2)10-7-13)11-12-5-3-4-8-14-12/h3-5,8H,6-7,9-11H2,1-2H3. The van der Waals surface area contributed by atoms with Gasteiger partial charge in [0.25, 0.3) is 0 Å². The van der Waals surface area contributed by atoms with E-state index in [0.717, 1.165) is 6.42 Å². The lowest BCUT2D eigenvalue weighted by Crippen LogP contribution is -2.37. The van der Waals surface area contributed by atoms with Gasteiger partial charge < -0.3 is 4.90 Å². The fraction of sp³-hybridized carbons (Fsp3) is 0.615. The molecule has 2 nitrogen and oxygen atoms in total. The number of hydrogen-bond donors (Lipinski definition) is 0. The van der Waals surface area contributed by atoms with Crippen molar-refractivity contribution in [3.63, 3.8) is 0 Å². The van der Waals surface area contributed by atoms with Crippen molar-refractivity contribution >= 4 is 0 Å². The Morgan fingerprint density at radius 1 is 1.33 bits per heavy atom. The minimum Gasteiger partial charge on any atom is -0.306 e. The van der Waals surface area contributed by atoms with Crippen molar-refractivity contribution in [3.05, 3.63) is 30.1 Å². The van der Waals surface area contributed by atoms with Gasteiger partial charge >= 0.3 is 0 Å². The van der Waals surface area contributed by atoms with E-state index in [2.05, 4.69) is 36.0 Å². The number of aromatic nitrogens is 1. The molecule has 0 aliphatic carbocycles. The maximum Gasteiger partial charge on any atom is 0.0409 e. The molecule has 1 aromatic rings. The minimum atomic E-state index is 0.459. The van der Waals surface area contributed by atoms with Crippen LogP contribution in [0.2, 0.25) is 0 Å². The highest BCUT2D eigenvalue weighted by Crippen LogP contribution is 2.33. The van der Waals surface area contributed by atoms with Gasteiger partial charge in [-0.05, 0) is 56.9 Å². The second kappa shape index (κ2) is 4.31. The Hall–Kier alpha value is -0.890. The Balaban J connectivity index is 1.99. The van der Waals surface area contributed by atoms with Crippen LogP contribution in [0.4, 0.5) is 0 Å². The van der Waals surface area contributed by atoms with Crippen LogP contribution in [0, 0.1) is 5.41 Å². The summed E-state index contributed by atoms with van der Waals surface area (Å²) in [5.74, 6) is 0. The van der Waals surface area contributed by atoms with Crippen LogP contribution in [0.1, 0.15) is 25.5 Å². The van der Waals surface area contributed by atoms with Crippen molar-refractivity contribution in [2.45, 2.75) is 26.2 Å². The van der Waals surface area contributed by atoms with Gasteiger partial charge in [0.05, 0.1) is 0 Å². The SMILES string of the molecule is CN1CCC(C)(Cc2ccccn2)CC1. The Labute approximate surface area is 92.3 Å². The lowest BCUT2D eigenvalue weighted by Gasteiger charge is -2.37. The molecule has 1 saturated heterocycles. The molecule has 0 radical (unpaired) electrons. The van der Waals surface area contributed by atoms with Gasteiger partial charge in [0.1, 0.15) is 0 Å². The molecule has 0 atom stereocenters. The smallest absolute Gasteiger partial charge is 0.0409 e. The maximum absolute atomic E-state index is 4.42. The minimum absolute atomic E-state index is 0.459. The normalized spacial score (nSPS) is 21.5. The van der Waals surface area contributed by atoms with Crippen molar-refractivity contribution in [2.24, 2.45) is 5.41 Å². The summed E-state index contributed by atoms with van der Waals surface area (Å²) in [4.78, 5) is 6.84. The fourth-order valence-corrected chi connectivity index (χ4v) is 2.28. The van der Waals surface area contributed by atoms with Crippen molar-refractivity contribution < 1.29 is 0 Å². The quantitative estimate of drug-likeness (QED) is 0.735. The maximum atomic E-state index is 4.42. The van der Waals surface area contributed by atoms with Crippen molar-refractivity contribution in [3.8, 4) is 0 Å². The van der Waals surface area contributed by atoms with E-state index in [4.69, 9.17) is 0 Å². The summed E-state index contributed by atoms with van der Waals surface area (Å²) in [5, 5.41) is 0. The summed E-state index contributed by atoms with van der Waals surface area (Å²) >= 11 is 0. The zero-order valence-electron chi connectivity index (χ0n) is 9.74. The predicted octanol–water partition coefficient (Wildman–Crippen LogP) is 2.36. The highest BCUT2D eigenvalue weighted by molar-refractivity contribution is 5.06. The first-order valence-electron chi connectivity index (χ1n) is 5.76. The first-order chi connectivity index (χ1) is 7.18. The molecule has 0 spiro atoms. The van der Waals surface area contributed by atoms with E-state index in [0.29, 0.717) is 5.41 Å². The highest BCUT2D eigenvalue weighted by Gasteiger charge is 2.29. The van der Waals surface area contributed by atoms with Crippen LogP contribution in [0.5, 0.6) is 0 Å². The molecule has 1 fully saturated rings. The molecular weight excluding hydrogens is 184 g/mol. The molecule has 0 N–H and O–H groups in total. The molecule has 1 aromatic heterocycles. The Morgan fingerprint density at radius 2 is 2.07 bits per heavy atom. The van der Waals surface area contributed by atoms with Gasteiger partial charge in [-0.25, -0.2) is 0 Å². The van der Waals surface area contributed by atoms with Gasteiger partial charge in [-0.1, -0.05) is 13.0 Å². The summed E-state index contributed by atoms with van der Waals surface area (Å²) in [6, 6.07) is 6.21. The van der Waals surface area contributed by atoms with Crippen LogP contribution < -0.4 is 0 Å². The summed E-state index contributed by atoms with van der Waals surface area (Å²) < 4.78 is 0. The molecule has 2 rings (SSSR count). The van der Waals surface area contributed by atoms with Crippen molar-refractivity contribution in [1.82, 2.24) is 9.88 Å². The zero-order chi connectivity index (χ0) is 10.7. The van der Waals surface area contributed by atoms with E-state index < -0.39 is 0 Å². The third kappa shape index (κ3) is 2.78. The predicted molar refractivity (Wildman–Crippen MR) is 62.8 cm³/mol. The average Bonchev–Trinajstić information content (AvgIpc) is 2.24. The van der Waals surface area contributed by atoms with Crippen LogP contribution >= 0.6 is 0 Å². The Kier molecular flexibility index (Phi) is 3.06. The van der Waals surface area contributed by atoms with Crippen LogP contribution in [-0.4, -0.2) is 30.0 Å². The van der Waals surface area contributed by atoms with Crippen LogP contribution in [-0.2, 0) is 6.42 Å². The number of nitrogens with zero attached hydrogens (tertiary/aromatic N) is 2. The van der Waals surface area contributed by atoms with Gasteiger partial charge in [0.15, 0.2) is 0 Å². The average molecular weight is 204 g/mol. The lowest BCUT2D eigenvalue weighted by molar-refractivity contribution is 0.138. The monoisotopic (exact) mass is 204 g/mol. The summed E-state index contributed by atoms with van der Waals surface area (Å²) in [7, 11) is 2.21. The Bertz CT molecular complexity index is 300. The topological polar surface area (TPSA) is 16.1 Å². The highest BCUT2D eigenvalue weighted by atomic mass is 15.1. The number of pyridine rings is 1. The van der Waals surface area contributed by atoms with Gasteiger partial charge in [-0.15, -0.1) is 0 Å². The van der Waals surface area contributed by atoms with E-state index >= 15 is 0 Å². The van der Waals surface area contributed by atoms with E-state index in [1.54, 1.807) is 0 Å². The molecule has 15 heavy (non-hydrogen) atoms. The summed E-state index contributed by atoms with van der Waals surface area (Å²) in [6.45, 7) is 4.85. The number of hydrogen-bond acceptors (Lipinski definition) is 2.